The molecule has 66 valence electrons. The molecule has 0 aromatic carbocycles. The van der Waals surface area contributed by atoms with Gasteiger partial charge in [0, 0.05) is 0 Å². The minimum Gasteiger partial charge on any atom is -0.449 e. The number of rotatable bonds is 3. The molecule has 0 aromatic heterocycles. The summed E-state index contributed by atoms with van der Waals surface area (Å²) >= 11 is 0. The van der Waals surface area contributed by atoms with E-state index in [2.05, 4.69) is 4.74 Å². The van der Waals surface area contributed by atoms with Gasteiger partial charge < -0.3 is 4.74 Å². The van der Waals surface area contributed by atoms with Crippen molar-refractivity contribution in [1.82, 2.24) is 10.3 Å². The largest absolute Gasteiger partial charge is 0.449 e. The maximum Gasteiger partial charge on any atom is 0.422 e. The summed E-state index contributed by atoms with van der Waals surface area (Å²) in [7, 11) is -3.40. The van der Waals surface area contributed by atoms with E-state index < -0.39 is 16.1 Å². The summed E-state index contributed by atoms with van der Waals surface area (Å²) in [6, 6.07) is 0. The zero-order valence-corrected chi connectivity index (χ0v) is 7.06. The summed E-state index contributed by atoms with van der Waals surface area (Å²) in [5.74, 6) is 0. The van der Waals surface area contributed by atoms with Gasteiger partial charge in [0.05, 0.1) is 12.9 Å². The molecule has 11 heavy (non-hydrogen) atoms. The smallest absolute Gasteiger partial charge is 0.422 e. The van der Waals surface area contributed by atoms with Gasteiger partial charge in [0.2, 0.25) is 10.0 Å². The Morgan fingerprint density at radius 2 is 2.09 bits per heavy atom. The van der Waals surface area contributed by atoms with Crippen LogP contribution in [0.5, 0.6) is 0 Å². The molecule has 0 bridgehead atoms. The summed E-state index contributed by atoms with van der Waals surface area (Å²) in [6.07, 6.45) is 0.0945. The number of sulfonamides is 1. The fourth-order valence-electron chi connectivity index (χ4n) is 0.302. The van der Waals surface area contributed by atoms with Gasteiger partial charge in [-0.1, -0.05) is 0 Å². The van der Waals surface area contributed by atoms with Gasteiger partial charge in [-0.05, 0) is 6.92 Å². The number of ether oxygens (including phenoxy) is 1. The molecule has 6 nitrogen and oxygen atoms in total. The van der Waals surface area contributed by atoms with Crippen molar-refractivity contribution in [2.24, 2.45) is 0 Å². The third-order valence-electron chi connectivity index (χ3n) is 0.614. The molecule has 1 amide bonds. The average molecular weight is 182 g/mol. The Bertz CT molecular complexity index is 222. The van der Waals surface area contributed by atoms with Crippen LogP contribution in [0, 0.1) is 0 Å². The normalized spacial score (nSPS) is 10.7. The van der Waals surface area contributed by atoms with Crippen molar-refractivity contribution in [3.05, 3.63) is 0 Å². The topological polar surface area (TPSA) is 84.5 Å². The van der Waals surface area contributed by atoms with Crippen molar-refractivity contribution >= 4 is 16.1 Å². The van der Waals surface area contributed by atoms with E-state index in [-0.39, 0.29) is 6.61 Å². The quantitative estimate of drug-likeness (QED) is 0.559. The van der Waals surface area contributed by atoms with E-state index in [1.807, 2.05) is 5.43 Å². The SMILES string of the molecule is CCOC(=O)NNS(C)(=O)=O. The van der Waals surface area contributed by atoms with Crippen LogP contribution in [-0.4, -0.2) is 27.4 Å². The highest BCUT2D eigenvalue weighted by Gasteiger charge is 2.03. The van der Waals surface area contributed by atoms with Crippen LogP contribution >= 0.6 is 0 Å². The predicted molar refractivity (Wildman–Crippen MR) is 38.1 cm³/mol. The Balaban J connectivity index is 3.64. The maximum atomic E-state index is 10.4. The van der Waals surface area contributed by atoms with Gasteiger partial charge in [-0.25, -0.2) is 18.6 Å². The molecule has 0 rings (SSSR count). The van der Waals surface area contributed by atoms with Crippen LogP contribution < -0.4 is 10.3 Å². The Hall–Kier alpha value is -0.820. The summed E-state index contributed by atoms with van der Waals surface area (Å²) in [4.78, 5) is 12.2. The van der Waals surface area contributed by atoms with Gasteiger partial charge in [-0.2, -0.15) is 0 Å². The monoisotopic (exact) mass is 182 g/mol. The zero-order chi connectivity index (χ0) is 8.91. The van der Waals surface area contributed by atoms with Gasteiger partial charge in [0.1, 0.15) is 0 Å². The molecular formula is C4H10N2O4S. The first-order valence-electron chi connectivity index (χ1n) is 2.85. The van der Waals surface area contributed by atoms with Gasteiger partial charge in [0.25, 0.3) is 0 Å². The van der Waals surface area contributed by atoms with Crippen molar-refractivity contribution in [3.63, 3.8) is 0 Å². The lowest BCUT2D eigenvalue weighted by molar-refractivity contribution is 0.150. The van der Waals surface area contributed by atoms with E-state index in [0.29, 0.717) is 0 Å². The molecule has 2 N–H and O–H groups in total. The van der Waals surface area contributed by atoms with Gasteiger partial charge >= 0.3 is 6.09 Å². The fourth-order valence-corrected chi connectivity index (χ4v) is 0.570. The van der Waals surface area contributed by atoms with Gasteiger partial charge in [-0.15, -0.1) is 4.83 Å². The van der Waals surface area contributed by atoms with Crippen LogP contribution in [0.25, 0.3) is 0 Å². The van der Waals surface area contributed by atoms with Crippen molar-refractivity contribution in [3.8, 4) is 0 Å². The summed E-state index contributed by atoms with van der Waals surface area (Å²) in [5, 5.41) is 0. The predicted octanol–water partition coefficient (Wildman–Crippen LogP) is -0.803. The molecule has 0 unspecified atom stereocenters. The van der Waals surface area contributed by atoms with Crippen molar-refractivity contribution in [2.45, 2.75) is 6.92 Å². The third-order valence-corrected chi connectivity index (χ3v) is 1.09. The first-order chi connectivity index (χ1) is 4.95. The highest BCUT2D eigenvalue weighted by Crippen LogP contribution is 1.74. The molecule has 7 heteroatoms. The van der Waals surface area contributed by atoms with Crippen LogP contribution in [0.4, 0.5) is 4.79 Å². The second kappa shape index (κ2) is 4.14. The summed E-state index contributed by atoms with van der Waals surface area (Å²) in [5.41, 5.74) is 1.82. The molecule has 0 saturated carbocycles. The lowest BCUT2D eigenvalue weighted by Crippen LogP contribution is -2.41. The number of hydrazine groups is 1. The number of hydrogen-bond acceptors (Lipinski definition) is 4. The zero-order valence-electron chi connectivity index (χ0n) is 6.25. The van der Waals surface area contributed by atoms with Crippen LogP contribution in [0.2, 0.25) is 0 Å². The molecule has 0 radical (unpaired) electrons. The van der Waals surface area contributed by atoms with Gasteiger partial charge in [-0.3, -0.25) is 0 Å². The van der Waals surface area contributed by atoms with Crippen LogP contribution in [0.3, 0.4) is 0 Å². The third kappa shape index (κ3) is 7.07. The first kappa shape index (κ1) is 10.2. The second-order valence-corrected chi connectivity index (χ2v) is 3.47. The lowest BCUT2D eigenvalue weighted by atomic mass is 10.9. The molecular weight excluding hydrogens is 172 g/mol. The Morgan fingerprint density at radius 3 is 2.45 bits per heavy atom. The number of amides is 1. The molecule has 0 aromatic rings. The fraction of sp³-hybridized carbons (Fsp3) is 0.750. The minimum atomic E-state index is -3.40. The van der Waals surface area contributed by atoms with Crippen molar-refractivity contribution < 1.29 is 17.9 Å². The summed E-state index contributed by atoms with van der Waals surface area (Å²) in [6.45, 7) is 1.80. The highest BCUT2D eigenvalue weighted by atomic mass is 32.2. The van der Waals surface area contributed by atoms with Crippen molar-refractivity contribution in [2.75, 3.05) is 12.9 Å². The summed E-state index contributed by atoms with van der Waals surface area (Å²) < 4.78 is 25.1. The van der Waals surface area contributed by atoms with Crippen LogP contribution in [0.15, 0.2) is 0 Å². The Labute approximate surface area is 64.9 Å². The van der Waals surface area contributed by atoms with E-state index in [0.717, 1.165) is 6.26 Å². The van der Waals surface area contributed by atoms with E-state index in [9.17, 15) is 13.2 Å². The standard InChI is InChI=1S/C4H10N2O4S/c1-3-10-4(7)5-6-11(2,8)9/h6H,3H2,1-2H3,(H,5,7). The molecule has 0 atom stereocenters. The average Bonchev–Trinajstić information content (AvgIpc) is 1.83. The second-order valence-electron chi connectivity index (χ2n) is 1.72. The Kier molecular flexibility index (Phi) is 3.83. The maximum absolute atomic E-state index is 10.4. The van der Waals surface area contributed by atoms with Crippen molar-refractivity contribution in [1.29, 1.82) is 0 Å². The number of carbonyl (C=O) groups excluding carboxylic acids is 1. The Morgan fingerprint density at radius 1 is 1.55 bits per heavy atom. The lowest BCUT2D eigenvalue weighted by Gasteiger charge is -2.03. The van der Waals surface area contributed by atoms with Crippen LogP contribution in [0.1, 0.15) is 6.92 Å². The molecule has 0 heterocycles. The molecule has 0 spiro atoms. The minimum absolute atomic E-state index is 0.192. The molecule has 0 aliphatic heterocycles. The molecule has 0 fully saturated rings. The molecule has 0 aliphatic rings. The first-order valence-corrected chi connectivity index (χ1v) is 4.74. The van der Waals surface area contributed by atoms with E-state index >= 15 is 0 Å². The van der Waals surface area contributed by atoms with E-state index in [1.54, 1.807) is 11.8 Å². The number of carbonyl (C=O) groups is 1. The van der Waals surface area contributed by atoms with E-state index in [4.69, 9.17) is 0 Å². The van der Waals surface area contributed by atoms with Crippen LogP contribution in [-0.2, 0) is 14.8 Å². The number of hydrogen-bond donors (Lipinski definition) is 2. The highest BCUT2D eigenvalue weighted by molar-refractivity contribution is 7.88. The van der Waals surface area contributed by atoms with E-state index in [1.165, 1.54) is 0 Å². The van der Waals surface area contributed by atoms with Gasteiger partial charge in [0.15, 0.2) is 0 Å². The molecule has 0 saturated heterocycles. The number of nitrogens with one attached hydrogen (secondary N) is 2. The molecule has 0 aliphatic carbocycles.